The number of hydrogen-bond acceptors (Lipinski definition) is 6. The van der Waals surface area contributed by atoms with Gasteiger partial charge in [0.15, 0.2) is 0 Å². The monoisotopic (exact) mass is 297 g/mol. The van der Waals surface area contributed by atoms with Gasteiger partial charge in [0.1, 0.15) is 5.01 Å². The first-order valence-corrected chi connectivity index (χ1v) is 7.93. The van der Waals surface area contributed by atoms with Gasteiger partial charge in [-0.1, -0.05) is 6.07 Å². The average Bonchev–Trinajstić information content (AvgIpc) is 2.97. The standard InChI is InChI=1S/C13H19N3OS2/c1-16(2)8-11(17)7-14-6-10-9-19-13(15-10)12-4-3-5-18-12/h3-5,9,11,14,17H,6-8H2,1-2H3. The van der Waals surface area contributed by atoms with Crippen LogP contribution in [0.1, 0.15) is 5.69 Å². The molecule has 0 amide bonds. The summed E-state index contributed by atoms with van der Waals surface area (Å²) in [4.78, 5) is 7.77. The molecular weight excluding hydrogens is 278 g/mol. The number of thiazole rings is 1. The van der Waals surface area contributed by atoms with E-state index in [-0.39, 0.29) is 6.10 Å². The molecule has 0 radical (unpaired) electrons. The summed E-state index contributed by atoms with van der Waals surface area (Å²) in [6.45, 7) is 1.96. The van der Waals surface area contributed by atoms with Crippen molar-refractivity contribution in [3.05, 3.63) is 28.6 Å². The van der Waals surface area contributed by atoms with Crippen LogP contribution in [0.2, 0.25) is 0 Å². The van der Waals surface area contributed by atoms with E-state index < -0.39 is 0 Å². The van der Waals surface area contributed by atoms with Gasteiger partial charge in [0.05, 0.1) is 16.7 Å². The maximum absolute atomic E-state index is 9.73. The van der Waals surface area contributed by atoms with E-state index in [1.54, 1.807) is 22.7 Å². The molecule has 1 atom stereocenters. The summed E-state index contributed by atoms with van der Waals surface area (Å²) in [5, 5.41) is 18.2. The second kappa shape index (κ2) is 7.12. The van der Waals surface area contributed by atoms with Gasteiger partial charge in [-0.2, -0.15) is 0 Å². The molecule has 2 N–H and O–H groups in total. The first-order valence-electron chi connectivity index (χ1n) is 6.17. The predicted octanol–water partition coefficient (Wildman–Crippen LogP) is 1.88. The van der Waals surface area contributed by atoms with Crippen molar-refractivity contribution in [3.8, 4) is 9.88 Å². The van der Waals surface area contributed by atoms with Gasteiger partial charge in [-0.3, -0.25) is 0 Å². The molecule has 4 nitrogen and oxygen atoms in total. The zero-order valence-corrected chi connectivity index (χ0v) is 12.8. The zero-order chi connectivity index (χ0) is 13.7. The highest BCUT2D eigenvalue weighted by Gasteiger charge is 2.07. The van der Waals surface area contributed by atoms with Gasteiger partial charge in [0, 0.05) is 25.0 Å². The first-order chi connectivity index (χ1) is 9.15. The van der Waals surface area contributed by atoms with Crippen molar-refractivity contribution < 1.29 is 5.11 Å². The number of aromatic nitrogens is 1. The molecule has 2 rings (SSSR count). The van der Waals surface area contributed by atoms with Gasteiger partial charge < -0.3 is 15.3 Å². The Kier molecular flexibility index (Phi) is 5.47. The molecule has 0 bridgehead atoms. The zero-order valence-electron chi connectivity index (χ0n) is 11.2. The summed E-state index contributed by atoms with van der Waals surface area (Å²) in [5.74, 6) is 0. The fraction of sp³-hybridized carbons (Fsp3) is 0.462. The van der Waals surface area contributed by atoms with Crippen LogP contribution in [0.5, 0.6) is 0 Å². The number of aliphatic hydroxyl groups is 1. The SMILES string of the molecule is CN(C)CC(O)CNCc1csc(-c2cccs2)n1. The fourth-order valence-electron chi connectivity index (χ4n) is 1.75. The van der Waals surface area contributed by atoms with Gasteiger partial charge in [-0.15, -0.1) is 22.7 Å². The van der Waals surface area contributed by atoms with Gasteiger partial charge in [0.2, 0.25) is 0 Å². The number of aliphatic hydroxyl groups excluding tert-OH is 1. The second-order valence-electron chi connectivity index (χ2n) is 4.67. The van der Waals surface area contributed by atoms with E-state index >= 15 is 0 Å². The van der Waals surface area contributed by atoms with Gasteiger partial charge in [-0.25, -0.2) is 4.98 Å². The molecule has 6 heteroatoms. The van der Waals surface area contributed by atoms with Crippen LogP contribution in [0.15, 0.2) is 22.9 Å². The van der Waals surface area contributed by atoms with Gasteiger partial charge in [-0.05, 0) is 25.5 Å². The van der Waals surface area contributed by atoms with Crippen LogP contribution in [0.3, 0.4) is 0 Å². The highest BCUT2D eigenvalue weighted by molar-refractivity contribution is 7.20. The molecule has 2 aromatic heterocycles. The maximum Gasteiger partial charge on any atom is 0.133 e. The Morgan fingerprint density at radius 3 is 2.95 bits per heavy atom. The van der Waals surface area contributed by atoms with E-state index in [0.29, 0.717) is 19.6 Å². The molecule has 0 aliphatic rings. The molecule has 0 fully saturated rings. The number of nitrogens with one attached hydrogen (secondary N) is 1. The van der Waals surface area contributed by atoms with Crippen LogP contribution in [0.4, 0.5) is 0 Å². The van der Waals surface area contributed by atoms with Crippen LogP contribution in [0.25, 0.3) is 9.88 Å². The minimum atomic E-state index is -0.342. The molecule has 2 heterocycles. The normalized spacial score (nSPS) is 13.1. The van der Waals surface area contributed by atoms with Crippen LogP contribution < -0.4 is 5.32 Å². The van der Waals surface area contributed by atoms with E-state index in [9.17, 15) is 5.11 Å². The van der Waals surface area contributed by atoms with Crippen LogP contribution in [-0.4, -0.2) is 48.3 Å². The third kappa shape index (κ3) is 4.67. The summed E-state index contributed by atoms with van der Waals surface area (Å²) in [7, 11) is 3.91. The van der Waals surface area contributed by atoms with E-state index in [4.69, 9.17) is 0 Å². The molecule has 19 heavy (non-hydrogen) atoms. The minimum absolute atomic E-state index is 0.342. The first kappa shape index (κ1) is 14.6. The number of thiophene rings is 1. The summed E-state index contributed by atoms with van der Waals surface area (Å²) in [6.07, 6.45) is -0.342. The third-order valence-electron chi connectivity index (χ3n) is 2.55. The van der Waals surface area contributed by atoms with Crippen LogP contribution in [-0.2, 0) is 6.54 Å². The Labute approximate surface area is 121 Å². The van der Waals surface area contributed by atoms with Crippen LogP contribution in [0, 0.1) is 0 Å². The lowest BCUT2D eigenvalue weighted by molar-refractivity contribution is 0.134. The second-order valence-corrected chi connectivity index (χ2v) is 6.47. The van der Waals surface area contributed by atoms with Gasteiger partial charge >= 0.3 is 0 Å². The van der Waals surface area contributed by atoms with Crippen molar-refractivity contribution in [1.82, 2.24) is 15.2 Å². The number of likely N-dealkylation sites (N-methyl/N-ethyl adjacent to an activating group) is 1. The molecule has 0 aliphatic heterocycles. The van der Waals surface area contributed by atoms with Crippen molar-refractivity contribution in [2.75, 3.05) is 27.2 Å². The Morgan fingerprint density at radius 2 is 2.26 bits per heavy atom. The lowest BCUT2D eigenvalue weighted by atomic mass is 10.3. The van der Waals surface area contributed by atoms with Gasteiger partial charge in [0.25, 0.3) is 0 Å². The number of hydrogen-bond donors (Lipinski definition) is 2. The molecule has 104 valence electrons. The Balaban J connectivity index is 1.78. The fourth-order valence-corrected chi connectivity index (χ4v) is 3.39. The van der Waals surface area contributed by atoms with E-state index in [1.165, 1.54) is 4.88 Å². The number of rotatable bonds is 7. The lowest BCUT2D eigenvalue weighted by Crippen LogP contribution is -2.34. The van der Waals surface area contributed by atoms with E-state index in [1.807, 2.05) is 25.1 Å². The Hall–Kier alpha value is -0.790. The highest BCUT2D eigenvalue weighted by atomic mass is 32.1. The maximum atomic E-state index is 9.73. The quantitative estimate of drug-likeness (QED) is 0.819. The summed E-state index contributed by atoms with van der Waals surface area (Å²) in [6, 6.07) is 4.12. The summed E-state index contributed by atoms with van der Waals surface area (Å²) < 4.78 is 0. The highest BCUT2D eigenvalue weighted by Crippen LogP contribution is 2.27. The smallest absolute Gasteiger partial charge is 0.133 e. The van der Waals surface area contributed by atoms with Crippen molar-refractivity contribution in [3.63, 3.8) is 0 Å². The number of nitrogens with zero attached hydrogens (tertiary/aromatic N) is 2. The van der Waals surface area contributed by atoms with Crippen LogP contribution >= 0.6 is 22.7 Å². The lowest BCUT2D eigenvalue weighted by Gasteiger charge is -2.15. The van der Waals surface area contributed by atoms with Crippen molar-refractivity contribution >= 4 is 22.7 Å². The molecule has 2 aromatic rings. The third-order valence-corrected chi connectivity index (χ3v) is 4.48. The predicted molar refractivity (Wildman–Crippen MR) is 81.7 cm³/mol. The van der Waals surface area contributed by atoms with Crippen molar-refractivity contribution in [2.24, 2.45) is 0 Å². The summed E-state index contributed by atoms with van der Waals surface area (Å²) in [5.41, 5.74) is 1.03. The molecule has 0 saturated carbocycles. The average molecular weight is 297 g/mol. The molecule has 0 aliphatic carbocycles. The molecule has 0 aromatic carbocycles. The van der Waals surface area contributed by atoms with Crippen molar-refractivity contribution in [1.29, 1.82) is 0 Å². The van der Waals surface area contributed by atoms with E-state index in [2.05, 4.69) is 27.1 Å². The molecule has 0 saturated heterocycles. The molecular formula is C13H19N3OS2. The summed E-state index contributed by atoms with van der Waals surface area (Å²) >= 11 is 3.37. The van der Waals surface area contributed by atoms with E-state index in [0.717, 1.165) is 10.7 Å². The largest absolute Gasteiger partial charge is 0.390 e. The molecule has 1 unspecified atom stereocenters. The van der Waals surface area contributed by atoms with Crippen molar-refractivity contribution in [2.45, 2.75) is 12.6 Å². The topological polar surface area (TPSA) is 48.4 Å². The molecule has 0 spiro atoms. The Bertz CT molecular complexity index is 482. The minimum Gasteiger partial charge on any atom is -0.390 e. The Morgan fingerprint density at radius 1 is 1.42 bits per heavy atom.